The molecule has 0 aliphatic heterocycles. The molecule has 0 fully saturated rings. The van der Waals surface area contributed by atoms with Crippen LogP contribution in [0.3, 0.4) is 0 Å². The van der Waals surface area contributed by atoms with Gasteiger partial charge in [0.25, 0.3) is 5.91 Å². The number of hydrogen-bond acceptors (Lipinski definition) is 5. The number of hydrogen-bond donors (Lipinski definition) is 2. The number of pyridine rings is 1. The summed E-state index contributed by atoms with van der Waals surface area (Å²) < 4.78 is 4.77. The number of nitrogens with one attached hydrogen (secondary N) is 1. The first-order chi connectivity index (χ1) is 7.54. The smallest absolute Gasteiger partial charge is 0.340 e. The third-order valence-corrected chi connectivity index (χ3v) is 1.94. The van der Waals surface area contributed by atoms with Gasteiger partial charge in [-0.1, -0.05) is 0 Å². The zero-order valence-electron chi connectivity index (χ0n) is 9.11. The summed E-state index contributed by atoms with van der Waals surface area (Å²) >= 11 is 0. The van der Waals surface area contributed by atoms with Gasteiger partial charge in [-0.15, -0.1) is 0 Å². The second kappa shape index (κ2) is 5.11. The number of nitrogens with zero attached hydrogens (tertiary/aromatic N) is 1. The van der Waals surface area contributed by atoms with E-state index in [1.54, 1.807) is 6.92 Å². The molecule has 0 saturated heterocycles. The number of amides is 1. The van der Waals surface area contributed by atoms with Gasteiger partial charge in [0, 0.05) is 7.05 Å². The minimum absolute atomic E-state index is 0.268. The van der Waals surface area contributed by atoms with Gasteiger partial charge in [0.2, 0.25) is 0 Å². The zero-order chi connectivity index (χ0) is 12.1. The number of nitrogens with two attached hydrogens (primary N) is 1. The van der Waals surface area contributed by atoms with E-state index in [1.807, 2.05) is 0 Å². The van der Waals surface area contributed by atoms with E-state index in [9.17, 15) is 9.59 Å². The van der Waals surface area contributed by atoms with Crippen molar-refractivity contribution in [2.24, 2.45) is 0 Å². The highest BCUT2D eigenvalue weighted by molar-refractivity contribution is 5.93. The number of likely N-dealkylation sites (N-methyl/N-ethyl adjacent to an activating group) is 1. The van der Waals surface area contributed by atoms with E-state index in [-0.39, 0.29) is 18.1 Å². The fourth-order valence-corrected chi connectivity index (χ4v) is 1.04. The van der Waals surface area contributed by atoms with Gasteiger partial charge in [0.1, 0.15) is 0 Å². The van der Waals surface area contributed by atoms with Crippen LogP contribution >= 0.6 is 0 Å². The van der Waals surface area contributed by atoms with Crippen molar-refractivity contribution in [1.29, 1.82) is 0 Å². The number of carbonyl (C=O) groups excluding carboxylic acids is 2. The van der Waals surface area contributed by atoms with Crippen LogP contribution in [0.25, 0.3) is 0 Å². The number of aromatic nitrogens is 1. The van der Waals surface area contributed by atoms with Crippen LogP contribution in [0.2, 0.25) is 0 Å². The van der Waals surface area contributed by atoms with Crippen molar-refractivity contribution in [3.05, 3.63) is 23.5 Å². The molecule has 1 aromatic heterocycles. The van der Waals surface area contributed by atoms with Gasteiger partial charge < -0.3 is 15.8 Å². The molecule has 6 nitrogen and oxygen atoms in total. The fourth-order valence-electron chi connectivity index (χ4n) is 1.04. The predicted molar refractivity (Wildman–Crippen MR) is 57.7 cm³/mol. The van der Waals surface area contributed by atoms with E-state index in [2.05, 4.69) is 10.3 Å². The van der Waals surface area contributed by atoms with Crippen molar-refractivity contribution < 1.29 is 14.3 Å². The van der Waals surface area contributed by atoms with Crippen LogP contribution < -0.4 is 11.1 Å². The van der Waals surface area contributed by atoms with Crippen molar-refractivity contribution in [2.45, 2.75) is 6.92 Å². The molecule has 6 heteroatoms. The molecular weight excluding hydrogens is 210 g/mol. The second-order valence-corrected chi connectivity index (χ2v) is 3.15. The summed E-state index contributed by atoms with van der Waals surface area (Å²) in [6.07, 6.45) is 1.45. The Labute approximate surface area is 92.8 Å². The molecule has 3 N–H and O–H groups in total. The molecule has 1 heterocycles. The van der Waals surface area contributed by atoms with Crippen LogP contribution in [0.5, 0.6) is 0 Å². The summed E-state index contributed by atoms with van der Waals surface area (Å²) in [6.45, 7) is 1.35. The quantitative estimate of drug-likeness (QED) is 0.696. The zero-order valence-corrected chi connectivity index (χ0v) is 9.11. The summed E-state index contributed by atoms with van der Waals surface area (Å²) in [5.74, 6) is -0.983. The van der Waals surface area contributed by atoms with Gasteiger partial charge in [-0.2, -0.15) is 0 Å². The number of esters is 1. The molecule has 0 bridgehead atoms. The van der Waals surface area contributed by atoms with Crippen molar-refractivity contribution in [2.75, 3.05) is 19.4 Å². The highest BCUT2D eigenvalue weighted by atomic mass is 16.5. The third-order valence-electron chi connectivity index (χ3n) is 1.94. The summed E-state index contributed by atoms with van der Waals surface area (Å²) in [6, 6.07) is 1.47. The van der Waals surface area contributed by atoms with Gasteiger partial charge in [0.15, 0.2) is 6.61 Å². The molecule has 0 aliphatic rings. The van der Waals surface area contributed by atoms with E-state index in [4.69, 9.17) is 10.5 Å². The lowest BCUT2D eigenvalue weighted by atomic mass is 10.2. The van der Waals surface area contributed by atoms with Crippen LogP contribution in [-0.2, 0) is 9.53 Å². The van der Waals surface area contributed by atoms with Crippen LogP contribution in [0, 0.1) is 6.92 Å². The van der Waals surface area contributed by atoms with Crippen LogP contribution in [-0.4, -0.2) is 30.5 Å². The van der Waals surface area contributed by atoms with Crippen LogP contribution in [0.1, 0.15) is 16.1 Å². The average Bonchev–Trinajstić information content (AvgIpc) is 2.28. The van der Waals surface area contributed by atoms with E-state index >= 15 is 0 Å². The molecule has 0 aliphatic carbocycles. The van der Waals surface area contributed by atoms with Gasteiger partial charge in [-0.3, -0.25) is 9.78 Å². The molecule has 86 valence electrons. The van der Waals surface area contributed by atoms with Crippen LogP contribution in [0.4, 0.5) is 5.69 Å². The first kappa shape index (κ1) is 12.0. The Kier molecular flexibility index (Phi) is 3.82. The Morgan fingerprint density at radius 3 is 2.88 bits per heavy atom. The number of aryl methyl sites for hydroxylation is 1. The molecule has 0 radical (unpaired) electrons. The molecule has 0 spiro atoms. The fraction of sp³-hybridized carbons (Fsp3) is 0.300. The molecule has 0 unspecified atom stereocenters. The minimum atomic E-state index is -0.610. The standard InChI is InChI=1S/C10H13N3O3/c1-6-8(3-7(11)4-13-6)10(15)16-5-9(14)12-2/h3-4H,5,11H2,1-2H3,(H,12,14). The number of rotatable bonds is 3. The molecule has 0 atom stereocenters. The van der Waals surface area contributed by atoms with Gasteiger partial charge in [-0.05, 0) is 13.0 Å². The van der Waals surface area contributed by atoms with Gasteiger partial charge in [-0.25, -0.2) is 4.79 Å². The van der Waals surface area contributed by atoms with Gasteiger partial charge in [0.05, 0.1) is 23.1 Å². The maximum Gasteiger partial charge on any atom is 0.340 e. The minimum Gasteiger partial charge on any atom is -0.452 e. The van der Waals surface area contributed by atoms with Crippen molar-refractivity contribution in [3.63, 3.8) is 0 Å². The predicted octanol–water partition coefficient (Wildman–Crippen LogP) is -0.125. The first-order valence-corrected chi connectivity index (χ1v) is 4.64. The molecule has 1 rings (SSSR count). The van der Waals surface area contributed by atoms with Crippen molar-refractivity contribution >= 4 is 17.6 Å². The summed E-state index contributed by atoms with van der Waals surface area (Å²) in [5.41, 5.74) is 6.65. The molecule has 1 amide bonds. The highest BCUT2D eigenvalue weighted by Gasteiger charge is 2.13. The maximum absolute atomic E-state index is 11.5. The van der Waals surface area contributed by atoms with Crippen molar-refractivity contribution in [3.8, 4) is 0 Å². The number of nitrogen functional groups attached to an aromatic ring is 1. The Bertz CT molecular complexity index is 418. The van der Waals surface area contributed by atoms with E-state index in [0.29, 0.717) is 11.4 Å². The maximum atomic E-state index is 11.5. The summed E-state index contributed by atoms with van der Waals surface area (Å²) in [4.78, 5) is 26.3. The lowest BCUT2D eigenvalue weighted by Gasteiger charge is -2.06. The highest BCUT2D eigenvalue weighted by Crippen LogP contribution is 2.10. The van der Waals surface area contributed by atoms with E-state index < -0.39 is 5.97 Å². The Morgan fingerprint density at radius 2 is 2.25 bits per heavy atom. The lowest BCUT2D eigenvalue weighted by Crippen LogP contribution is -2.25. The van der Waals surface area contributed by atoms with E-state index in [1.165, 1.54) is 19.3 Å². The molecule has 0 saturated carbocycles. The Hall–Kier alpha value is -2.11. The molecule has 16 heavy (non-hydrogen) atoms. The number of carbonyl (C=O) groups is 2. The first-order valence-electron chi connectivity index (χ1n) is 4.64. The monoisotopic (exact) mass is 223 g/mol. The Balaban J connectivity index is 2.73. The summed E-state index contributed by atoms with van der Waals surface area (Å²) in [7, 11) is 1.46. The van der Waals surface area contributed by atoms with Gasteiger partial charge >= 0.3 is 5.97 Å². The molecule has 1 aromatic rings. The second-order valence-electron chi connectivity index (χ2n) is 3.15. The molecular formula is C10H13N3O3. The average molecular weight is 223 g/mol. The van der Waals surface area contributed by atoms with Crippen molar-refractivity contribution in [1.82, 2.24) is 10.3 Å². The number of anilines is 1. The topological polar surface area (TPSA) is 94.3 Å². The van der Waals surface area contributed by atoms with E-state index in [0.717, 1.165) is 0 Å². The Morgan fingerprint density at radius 1 is 1.56 bits per heavy atom. The largest absolute Gasteiger partial charge is 0.452 e. The normalized spacial score (nSPS) is 9.62. The third kappa shape index (κ3) is 2.94. The molecule has 0 aromatic carbocycles. The lowest BCUT2D eigenvalue weighted by molar-refractivity contribution is -0.123. The number of ether oxygens (including phenoxy) is 1. The summed E-state index contributed by atoms with van der Waals surface area (Å²) in [5, 5.41) is 2.34. The SMILES string of the molecule is CNC(=O)COC(=O)c1cc(N)cnc1C. The van der Waals surface area contributed by atoms with Crippen LogP contribution in [0.15, 0.2) is 12.3 Å².